The summed E-state index contributed by atoms with van der Waals surface area (Å²) in [4.78, 5) is 12.0. The average molecular weight is 250 g/mol. The summed E-state index contributed by atoms with van der Waals surface area (Å²) in [5.74, 6) is -0.315. The van der Waals surface area contributed by atoms with E-state index in [0.717, 1.165) is 17.5 Å². The molecule has 18 heavy (non-hydrogen) atoms. The average Bonchev–Trinajstić information content (AvgIpc) is 2.39. The smallest absolute Gasteiger partial charge is 0.338 e. The lowest BCUT2D eigenvalue weighted by atomic mass is 9.90. The summed E-state index contributed by atoms with van der Waals surface area (Å²) in [7, 11) is 0. The van der Waals surface area contributed by atoms with Crippen molar-refractivity contribution < 1.29 is 14.6 Å². The maximum Gasteiger partial charge on any atom is 0.338 e. The van der Waals surface area contributed by atoms with Gasteiger partial charge in [0.1, 0.15) is 0 Å². The van der Waals surface area contributed by atoms with Gasteiger partial charge in [-0.15, -0.1) is 0 Å². The molecule has 1 aromatic carbocycles. The molecule has 3 nitrogen and oxygen atoms in total. The second-order valence-corrected chi connectivity index (χ2v) is 5.15. The normalized spacial score (nSPS) is 14.1. The number of esters is 1. The first kappa shape index (κ1) is 14.7. The van der Waals surface area contributed by atoms with Crippen molar-refractivity contribution in [2.45, 2.75) is 34.1 Å². The molecule has 1 unspecified atom stereocenters. The molecule has 1 atom stereocenters. The maximum absolute atomic E-state index is 12.0. The Balaban J connectivity index is 2.75. The van der Waals surface area contributed by atoms with Crippen LogP contribution in [0.4, 0.5) is 0 Å². The number of rotatable bonds is 5. The molecular weight excluding hydrogens is 228 g/mol. The van der Waals surface area contributed by atoms with Crippen LogP contribution >= 0.6 is 0 Å². The highest BCUT2D eigenvalue weighted by Gasteiger charge is 2.24. The molecule has 0 saturated heterocycles. The van der Waals surface area contributed by atoms with Crippen LogP contribution in [0.25, 0.3) is 0 Å². The van der Waals surface area contributed by atoms with Crippen LogP contribution < -0.4 is 0 Å². The maximum atomic E-state index is 12.0. The third-order valence-corrected chi connectivity index (χ3v) is 3.61. The van der Waals surface area contributed by atoms with Crippen LogP contribution in [-0.4, -0.2) is 24.3 Å². The van der Waals surface area contributed by atoms with Crippen molar-refractivity contribution in [2.24, 2.45) is 5.41 Å². The van der Waals surface area contributed by atoms with Crippen molar-refractivity contribution in [3.05, 3.63) is 34.9 Å². The molecule has 1 aromatic rings. The standard InChI is InChI=1S/C15H22O3/c1-5-15(4,9-16)10-18-14(17)13-8-6-7-11(2)12(13)3/h6-8,16H,5,9-10H2,1-4H3. The van der Waals surface area contributed by atoms with E-state index in [1.807, 2.05) is 39.8 Å². The molecule has 100 valence electrons. The Morgan fingerprint density at radius 1 is 1.39 bits per heavy atom. The number of hydrogen-bond acceptors (Lipinski definition) is 3. The van der Waals surface area contributed by atoms with Crippen LogP contribution in [0.5, 0.6) is 0 Å². The van der Waals surface area contributed by atoms with Gasteiger partial charge in [-0.3, -0.25) is 0 Å². The van der Waals surface area contributed by atoms with Crippen LogP contribution in [0.15, 0.2) is 18.2 Å². The van der Waals surface area contributed by atoms with E-state index in [4.69, 9.17) is 4.74 Å². The van der Waals surface area contributed by atoms with Gasteiger partial charge in [-0.25, -0.2) is 4.79 Å². The van der Waals surface area contributed by atoms with E-state index in [0.29, 0.717) is 5.56 Å². The van der Waals surface area contributed by atoms with Crippen molar-refractivity contribution in [1.82, 2.24) is 0 Å². The quantitative estimate of drug-likeness (QED) is 0.817. The lowest BCUT2D eigenvalue weighted by Crippen LogP contribution is -2.28. The highest BCUT2D eigenvalue weighted by atomic mass is 16.5. The summed E-state index contributed by atoms with van der Waals surface area (Å²) in [5, 5.41) is 9.28. The number of ether oxygens (including phenoxy) is 1. The molecule has 0 aliphatic rings. The number of aliphatic hydroxyl groups excluding tert-OH is 1. The highest BCUT2D eigenvalue weighted by molar-refractivity contribution is 5.91. The van der Waals surface area contributed by atoms with Crippen LogP contribution in [0, 0.1) is 19.3 Å². The Hall–Kier alpha value is -1.35. The molecule has 0 spiro atoms. The monoisotopic (exact) mass is 250 g/mol. The highest BCUT2D eigenvalue weighted by Crippen LogP contribution is 2.21. The topological polar surface area (TPSA) is 46.5 Å². The number of carbonyl (C=O) groups is 1. The predicted octanol–water partition coefficient (Wildman–Crippen LogP) is 2.87. The molecule has 3 heteroatoms. The van der Waals surface area contributed by atoms with Gasteiger partial charge in [-0.1, -0.05) is 26.0 Å². The zero-order chi connectivity index (χ0) is 13.8. The number of carbonyl (C=O) groups excluding carboxylic acids is 1. The third-order valence-electron chi connectivity index (χ3n) is 3.61. The Morgan fingerprint density at radius 2 is 2.06 bits per heavy atom. The molecule has 0 aromatic heterocycles. The Labute approximate surface area is 109 Å². The number of aliphatic hydroxyl groups is 1. The van der Waals surface area contributed by atoms with E-state index in [9.17, 15) is 9.90 Å². The molecule has 0 amide bonds. The van der Waals surface area contributed by atoms with Crippen LogP contribution in [-0.2, 0) is 4.74 Å². The van der Waals surface area contributed by atoms with Gasteiger partial charge < -0.3 is 9.84 Å². The van der Waals surface area contributed by atoms with E-state index in [1.165, 1.54) is 0 Å². The molecule has 0 radical (unpaired) electrons. The summed E-state index contributed by atoms with van der Waals surface area (Å²) in [6.45, 7) is 8.02. The van der Waals surface area contributed by atoms with Gasteiger partial charge in [-0.05, 0) is 37.5 Å². The molecule has 0 fully saturated rings. The second kappa shape index (κ2) is 6.01. The van der Waals surface area contributed by atoms with Gasteiger partial charge in [0.05, 0.1) is 18.8 Å². The van der Waals surface area contributed by atoms with Crippen LogP contribution in [0.2, 0.25) is 0 Å². The zero-order valence-electron chi connectivity index (χ0n) is 11.6. The van der Waals surface area contributed by atoms with E-state index < -0.39 is 0 Å². The van der Waals surface area contributed by atoms with Crippen LogP contribution in [0.1, 0.15) is 41.8 Å². The molecule has 0 bridgehead atoms. The van der Waals surface area contributed by atoms with Crippen molar-refractivity contribution in [3.8, 4) is 0 Å². The fourth-order valence-electron chi connectivity index (χ4n) is 1.55. The van der Waals surface area contributed by atoms with Crippen molar-refractivity contribution in [3.63, 3.8) is 0 Å². The minimum absolute atomic E-state index is 0.0174. The Kier molecular flexibility index (Phi) is 4.91. The van der Waals surface area contributed by atoms with E-state index in [-0.39, 0.29) is 24.6 Å². The van der Waals surface area contributed by atoms with Crippen molar-refractivity contribution in [1.29, 1.82) is 0 Å². The summed E-state index contributed by atoms with van der Waals surface area (Å²) in [6, 6.07) is 5.59. The zero-order valence-corrected chi connectivity index (χ0v) is 11.6. The van der Waals surface area contributed by atoms with Gasteiger partial charge in [0, 0.05) is 5.41 Å². The van der Waals surface area contributed by atoms with Gasteiger partial charge in [0.2, 0.25) is 0 Å². The Bertz CT molecular complexity index is 420. The molecule has 0 aliphatic heterocycles. The fraction of sp³-hybridized carbons (Fsp3) is 0.533. The predicted molar refractivity (Wildman–Crippen MR) is 71.7 cm³/mol. The minimum Gasteiger partial charge on any atom is -0.461 e. The molecule has 0 saturated carbocycles. The first-order chi connectivity index (χ1) is 8.43. The number of hydrogen-bond donors (Lipinski definition) is 1. The van der Waals surface area contributed by atoms with Crippen molar-refractivity contribution >= 4 is 5.97 Å². The SMILES string of the molecule is CCC(C)(CO)COC(=O)c1cccc(C)c1C. The minimum atomic E-state index is -0.354. The first-order valence-corrected chi connectivity index (χ1v) is 6.27. The molecule has 1 rings (SSSR count). The summed E-state index contributed by atoms with van der Waals surface area (Å²) in [6.07, 6.45) is 0.767. The fourth-order valence-corrected chi connectivity index (χ4v) is 1.55. The summed E-state index contributed by atoms with van der Waals surface area (Å²) < 4.78 is 5.31. The lowest BCUT2D eigenvalue weighted by Gasteiger charge is -2.25. The summed E-state index contributed by atoms with van der Waals surface area (Å²) in [5.41, 5.74) is 2.27. The van der Waals surface area contributed by atoms with E-state index in [1.54, 1.807) is 6.07 Å². The molecule has 0 heterocycles. The van der Waals surface area contributed by atoms with Gasteiger partial charge in [0.25, 0.3) is 0 Å². The van der Waals surface area contributed by atoms with E-state index in [2.05, 4.69) is 0 Å². The number of aryl methyl sites for hydroxylation is 1. The van der Waals surface area contributed by atoms with Gasteiger partial charge in [0.15, 0.2) is 0 Å². The van der Waals surface area contributed by atoms with Crippen molar-refractivity contribution in [2.75, 3.05) is 13.2 Å². The largest absolute Gasteiger partial charge is 0.461 e. The van der Waals surface area contributed by atoms with Crippen LogP contribution in [0.3, 0.4) is 0 Å². The molecule has 0 aliphatic carbocycles. The second-order valence-electron chi connectivity index (χ2n) is 5.15. The van der Waals surface area contributed by atoms with Gasteiger partial charge >= 0.3 is 5.97 Å². The lowest BCUT2D eigenvalue weighted by molar-refractivity contribution is 0.0150. The molecular formula is C15H22O3. The molecule has 1 N–H and O–H groups in total. The van der Waals surface area contributed by atoms with Gasteiger partial charge in [-0.2, -0.15) is 0 Å². The third kappa shape index (κ3) is 3.33. The van der Waals surface area contributed by atoms with E-state index >= 15 is 0 Å². The first-order valence-electron chi connectivity index (χ1n) is 6.27. The summed E-state index contributed by atoms with van der Waals surface area (Å²) >= 11 is 0. The number of benzene rings is 1. The Morgan fingerprint density at radius 3 is 2.61 bits per heavy atom.